The third-order valence-electron chi connectivity index (χ3n) is 11.7. The fourth-order valence-electron chi connectivity index (χ4n) is 9.28. The van der Waals surface area contributed by atoms with Crippen LogP contribution in [-0.2, 0) is 5.41 Å². The Kier molecular flexibility index (Phi) is 7.75. The van der Waals surface area contributed by atoms with Gasteiger partial charge in [-0.3, -0.25) is 0 Å². The molecule has 1 aromatic heterocycles. The minimum atomic E-state index is -0.519. The number of hydrogen-bond acceptors (Lipinski definition) is 2. The molecule has 0 saturated carbocycles. The summed E-state index contributed by atoms with van der Waals surface area (Å²) in [6.45, 7) is 0. The zero-order valence-electron chi connectivity index (χ0n) is 31.2. The molecule has 0 fully saturated rings. The Morgan fingerprint density at radius 2 is 0.895 bits per heavy atom. The molecule has 0 radical (unpaired) electrons. The van der Waals surface area contributed by atoms with E-state index >= 15 is 0 Å². The highest BCUT2D eigenvalue weighted by Gasteiger charge is 2.46. The Bertz CT molecular complexity index is 2950. The van der Waals surface area contributed by atoms with Gasteiger partial charge in [-0.2, -0.15) is 0 Å². The van der Waals surface area contributed by atoms with Crippen LogP contribution >= 0.6 is 0 Å². The average Bonchev–Trinajstić information content (AvgIpc) is 3.82. The molecule has 0 spiro atoms. The molecule has 9 aromatic carbocycles. The first-order valence-electron chi connectivity index (χ1n) is 19.6. The summed E-state index contributed by atoms with van der Waals surface area (Å²) in [6.07, 6.45) is 0. The van der Waals surface area contributed by atoms with Crippen LogP contribution in [0, 0.1) is 0 Å². The Hall–Kier alpha value is -7.42. The van der Waals surface area contributed by atoms with Crippen molar-refractivity contribution in [3.63, 3.8) is 0 Å². The van der Waals surface area contributed by atoms with Crippen LogP contribution in [0.4, 0.5) is 17.1 Å². The van der Waals surface area contributed by atoms with Gasteiger partial charge in [0, 0.05) is 16.8 Å². The number of rotatable bonds is 7. The highest BCUT2D eigenvalue weighted by atomic mass is 16.3. The monoisotopic (exact) mass is 727 g/mol. The maximum absolute atomic E-state index is 6.77. The van der Waals surface area contributed by atoms with E-state index in [2.05, 4.69) is 229 Å². The van der Waals surface area contributed by atoms with Crippen molar-refractivity contribution < 1.29 is 4.42 Å². The lowest BCUT2D eigenvalue weighted by Gasteiger charge is -2.34. The van der Waals surface area contributed by atoms with Gasteiger partial charge in [-0.1, -0.05) is 170 Å². The SMILES string of the molecule is c1ccc(-c2cc(-c3ccccc3)cc(N(c3ccccc3)c3cccc4oc5ccc(C6(c7ccccc7)c7ccccc7-c7ccccc76)cc5c34)c2)cc1. The predicted molar refractivity (Wildman–Crippen MR) is 237 cm³/mol. The van der Waals surface area contributed by atoms with Gasteiger partial charge in [-0.25, -0.2) is 0 Å². The highest BCUT2D eigenvalue weighted by molar-refractivity contribution is 6.14. The summed E-state index contributed by atoms with van der Waals surface area (Å²) in [4.78, 5) is 2.40. The zero-order chi connectivity index (χ0) is 37.8. The second-order valence-electron chi connectivity index (χ2n) is 14.8. The number of nitrogens with zero attached hydrogens (tertiary/aromatic N) is 1. The summed E-state index contributed by atoms with van der Waals surface area (Å²) in [5.74, 6) is 0. The molecule has 11 rings (SSSR count). The van der Waals surface area contributed by atoms with E-state index in [1.54, 1.807) is 0 Å². The number of hydrogen-bond donors (Lipinski definition) is 0. The Balaban J connectivity index is 1.19. The number of fused-ring (bicyclic) bond motifs is 6. The molecule has 0 N–H and O–H groups in total. The van der Waals surface area contributed by atoms with E-state index in [0.717, 1.165) is 50.1 Å². The normalized spacial score (nSPS) is 12.7. The maximum Gasteiger partial charge on any atom is 0.137 e. The van der Waals surface area contributed by atoms with Gasteiger partial charge in [0.05, 0.1) is 16.5 Å². The van der Waals surface area contributed by atoms with Gasteiger partial charge in [0.2, 0.25) is 0 Å². The van der Waals surface area contributed by atoms with Crippen LogP contribution in [0.15, 0.2) is 229 Å². The van der Waals surface area contributed by atoms with Gasteiger partial charge in [-0.15, -0.1) is 0 Å². The summed E-state index contributed by atoms with van der Waals surface area (Å²) in [5.41, 5.74) is 16.6. The molecular weight excluding hydrogens is 691 g/mol. The Labute approximate surface area is 332 Å². The quantitative estimate of drug-likeness (QED) is 0.163. The van der Waals surface area contributed by atoms with Gasteiger partial charge in [0.25, 0.3) is 0 Å². The van der Waals surface area contributed by atoms with Crippen LogP contribution in [0.1, 0.15) is 22.3 Å². The summed E-state index contributed by atoms with van der Waals surface area (Å²) in [6, 6.07) is 81.1. The van der Waals surface area contributed by atoms with Crippen LogP contribution in [0.5, 0.6) is 0 Å². The number of para-hydroxylation sites is 1. The molecule has 0 saturated heterocycles. The van der Waals surface area contributed by atoms with Crippen molar-refractivity contribution in [2.75, 3.05) is 4.90 Å². The lowest BCUT2D eigenvalue weighted by atomic mass is 9.67. The topological polar surface area (TPSA) is 16.4 Å². The van der Waals surface area contributed by atoms with Crippen LogP contribution in [0.2, 0.25) is 0 Å². The summed E-state index contributed by atoms with van der Waals surface area (Å²) >= 11 is 0. The van der Waals surface area contributed by atoms with Crippen molar-refractivity contribution in [3.8, 4) is 33.4 Å². The van der Waals surface area contributed by atoms with Gasteiger partial charge in [0.15, 0.2) is 0 Å². The van der Waals surface area contributed by atoms with Crippen molar-refractivity contribution in [1.82, 2.24) is 0 Å². The van der Waals surface area contributed by atoms with Crippen molar-refractivity contribution in [2.24, 2.45) is 0 Å². The Morgan fingerprint density at radius 3 is 1.51 bits per heavy atom. The van der Waals surface area contributed by atoms with E-state index in [4.69, 9.17) is 4.42 Å². The van der Waals surface area contributed by atoms with E-state index in [9.17, 15) is 0 Å². The molecule has 10 aromatic rings. The molecule has 0 amide bonds. The van der Waals surface area contributed by atoms with E-state index in [1.807, 2.05) is 0 Å². The number of benzene rings is 9. The maximum atomic E-state index is 6.77. The van der Waals surface area contributed by atoms with E-state index in [1.165, 1.54) is 44.5 Å². The Morgan fingerprint density at radius 1 is 0.351 bits per heavy atom. The average molecular weight is 728 g/mol. The summed E-state index contributed by atoms with van der Waals surface area (Å²) in [7, 11) is 0. The first-order chi connectivity index (χ1) is 28.3. The van der Waals surface area contributed by atoms with Gasteiger partial charge < -0.3 is 9.32 Å². The molecule has 57 heavy (non-hydrogen) atoms. The largest absolute Gasteiger partial charge is 0.456 e. The van der Waals surface area contributed by atoms with E-state index in [-0.39, 0.29) is 0 Å². The van der Waals surface area contributed by atoms with Crippen LogP contribution in [0.3, 0.4) is 0 Å². The third-order valence-corrected chi connectivity index (χ3v) is 11.7. The lowest BCUT2D eigenvalue weighted by Crippen LogP contribution is -2.28. The highest BCUT2D eigenvalue weighted by Crippen LogP contribution is 2.57. The smallest absolute Gasteiger partial charge is 0.137 e. The predicted octanol–water partition coefficient (Wildman–Crippen LogP) is 14.8. The molecule has 268 valence electrons. The molecule has 0 atom stereocenters. The van der Waals surface area contributed by atoms with Gasteiger partial charge >= 0.3 is 0 Å². The molecule has 0 bridgehead atoms. The zero-order valence-corrected chi connectivity index (χ0v) is 31.2. The van der Waals surface area contributed by atoms with Crippen molar-refractivity contribution in [1.29, 1.82) is 0 Å². The number of anilines is 3. The molecule has 1 aliphatic carbocycles. The van der Waals surface area contributed by atoms with E-state index < -0.39 is 5.41 Å². The van der Waals surface area contributed by atoms with Crippen molar-refractivity contribution in [3.05, 3.63) is 247 Å². The lowest BCUT2D eigenvalue weighted by molar-refractivity contribution is 0.668. The van der Waals surface area contributed by atoms with Crippen molar-refractivity contribution >= 4 is 39.0 Å². The first-order valence-corrected chi connectivity index (χ1v) is 19.6. The summed E-state index contributed by atoms with van der Waals surface area (Å²) < 4.78 is 6.77. The second kappa shape index (κ2) is 13.4. The molecule has 2 heteroatoms. The first kappa shape index (κ1) is 33.0. The molecule has 1 aliphatic rings. The van der Waals surface area contributed by atoms with Gasteiger partial charge in [0.1, 0.15) is 11.2 Å². The van der Waals surface area contributed by atoms with Crippen LogP contribution in [-0.4, -0.2) is 0 Å². The van der Waals surface area contributed by atoms with Crippen LogP contribution < -0.4 is 4.90 Å². The number of furan rings is 1. The third kappa shape index (κ3) is 5.26. The molecule has 1 heterocycles. The standard InChI is InChI=1S/C55H37NO/c1-5-18-38(19-6-1)40-34-41(39-20-7-2-8-21-39)36-45(35-40)56(44-24-11-4-12-25-44)51-30-17-31-53-54(51)48-37-43(32-33-52(48)57-53)55(42-22-9-3-10-23-42)49-28-15-13-26-46(49)47-27-14-16-29-50(47)55/h1-37H. The fraction of sp³-hybridized carbons (Fsp3) is 0.0182. The molecule has 0 aliphatic heterocycles. The second-order valence-corrected chi connectivity index (χ2v) is 14.8. The fourth-order valence-corrected chi connectivity index (χ4v) is 9.28. The minimum absolute atomic E-state index is 0.519. The van der Waals surface area contributed by atoms with E-state index in [0.29, 0.717) is 0 Å². The van der Waals surface area contributed by atoms with Gasteiger partial charge in [-0.05, 0) is 110 Å². The minimum Gasteiger partial charge on any atom is -0.456 e. The molecular formula is C55H37NO. The molecule has 0 unspecified atom stereocenters. The molecule has 2 nitrogen and oxygen atoms in total. The van der Waals surface area contributed by atoms with Crippen molar-refractivity contribution in [2.45, 2.75) is 5.41 Å². The summed E-state index contributed by atoms with van der Waals surface area (Å²) in [5, 5.41) is 2.16. The van der Waals surface area contributed by atoms with Crippen LogP contribution in [0.25, 0.3) is 55.3 Å².